The first-order chi connectivity index (χ1) is 17.0. The van der Waals surface area contributed by atoms with Crippen LogP contribution in [0.25, 0.3) is 0 Å². The van der Waals surface area contributed by atoms with Gasteiger partial charge in [0.25, 0.3) is 0 Å². The standard InChI is InChI=1S/C28H41FN2O5/c1-6-8-10-22(17-20-11-13-23(29)14-12-20)27(35)36-19-24(28(3,4)5)31-26(34)21(9-7-2)18-25(33)30-15-16-32/h6-7,11-14,21-22,24,32H,1-2,8-10,15-19H2,3-5H3,(H,30,33)(H,31,34)/t21-,22-,24-/m1/s1. The van der Waals surface area contributed by atoms with Crippen molar-refractivity contribution in [2.45, 2.75) is 58.9 Å². The zero-order valence-corrected chi connectivity index (χ0v) is 21.7. The normalized spacial score (nSPS) is 13.7. The molecule has 0 aliphatic carbocycles. The van der Waals surface area contributed by atoms with Crippen LogP contribution >= 0.6 is 0 Å². The van der Waals surface area contributed by atoms with Gasteiger partial charge >= 0.3 is 5.97 Å². The van der Waals surface area contributed by atoms with Crippen LogP contribution < -0.4 is 10.6 Å². The number of aliphatic hydroxyl groups is 1. The molecule has 3 N–H and O–H groups in total. The number of amides is 2. The van der Waals surface area contributed by atoms with E-state index in [1.807, 2.05) is 20.8 Å². The Morgan fingerprint density at radius 2 is 1.78 bits per heavy atom. The van der Waals surface area contributed by atoms with Gasteiger partial charge in [0.05, 0.1) is 24.5 Å². The van der Waals surface area contributed by atoms with E-state index in [1.54, 1.807) is 24.3 Å². The summed E-state index contributed by atoms with van der Waals surface area (Å²) in [6.45, 7) is 13.1. The molecule has 0 aliphatic rings. The molecule has 0 radical (unpaired) electrons. The minimum Gasteiger partial charge on any atom is -0.463 e. The fourth-order valence-corrected chi connectivity index (χ4v) is 3.58. The molecule has 0 fully saturated rings. The van der Waals surface area contributed by atoms with Gasteiger partial charge in [0.15, 0.2) is 0 Å². The summed E-state index contributed by atoms with van der Waals surface area (Å²) in [5, 5.41) is 14.4. The number of ether oxygens (including phenoxy) is 1. The van der Waals surface area contributed by atoms with E-state index < -0.39 is 29.3 Å². The van der Waals surface area contributed by atoms with Crippen LogP contribution in [-0.4, -0.2) is 48.7 Å². The van der Waals surface area contributed by atoms with E-state index in [2.05, 4.69) is 23.8 Å². The van der Waals surface area contributed by atoms with Crippen molar-refractivity contribution >= 4 is 17.8 Å². The largest absolute Gasteiger partial charge is 0.463 e. The third kappa shape index (κ3) is 11.6. The molecule has 200 valence electrons. The van der Waals surface area contributed by atoms with Gasteiger partial charge in [-0.3, -0.25) is 14.4 Å². The Balaban J connectivity index is 2.87. The lowest BCUT2D eigenvalue weighted by molar-refractivity contribution is -0.151. The van der Waals surface area contributed by atoms with E-state index in [0.717, 1.165) is 5.56 Å². The number of benzene rings is 1. The van der Waals surface area contributed by atoms with Gasteiger partial charge in [0.1, 0.15) is 12.4 Å². The molecule has 36 heavy (non-hydrogen) atoms. The number of carbonyl (C=O) groups is 3. The molecule has 0 heterocycles. The van der Waals surface area contributed by atoms with E-state index >= 15 is 0 Å². The SMILES string of the molecule is C=CCC[C@H](Cc1ccc(F)cc1)C(=O)OC[C@@H](NC(=O)[C@H](CC=C)CC(=O)NCCO)C(C)(C)C. The Hall–Kier alpha value is -3.00. The molecule has 1 aromatic carbocycles. The molecule has 0 saturated carbocycles. The minimum absolute atomic E-state index is 0.0282. The van der Waals surface area contributed by atoms with Gasteiger partial charge < -0.3 is 20.5 Å². The van der Waals surface area contributed by atoms with Gasteiger partial charge in [-0.2, -0.15) is 0 Å². The minimum atomic E-state index is -0.638. The predicted molar refractivity (Wildman–Crippen MR) is 138 cm³/mol. The van der Waals surface area contributed by atoms with Crippen LogP contribution in [0.5, 0.6) is 0 Å². The maximum Gasteiger partial charge on any atom is 0.309 e. The van der Waals surface area contributed by atoms with Crippen molar-refractivity contribution in [3.63, 3.8) is 0 Å². The molecule has 0 aromatic heterocycles. The number of halogens is 1. The smallest absolute Gasteiger partial charge is 0.309 e. The van der Waals surface area contributed by atoms with E-state index in [1.165, 1.54) is 12.1 Å². The third-order valence-corrected chi connectivity index (χ3v) is 5.89. The van der Waals surface area contributed by atoms with Crippen molar-refractivity contribution in [2.24, 2.45) is 17.3 Å². The number of nitrogens with one attached hydrogen (secondary N) is 2. The topological polar surface area (TPSA) is 105 Å². The van der Waals surface area contributed by atoms with Gasteiger partial charge in [-0.15, -0.1) is 13.2 Å². The average Bonchev–Trinajstić information content (AvgIpc) is 2.82. The van der Waals surface area contributed by atoms with Crippen LogP contribution in [0.15, 0.2) is 49.6 Å². The Morgan fingerprint density at radius 3 is 2.33 bits per heavy atom. The Bertz CT molecular complexity index is 864. The second-order valence-electron chi connectivity index (χ2n) is 9.95. The molecular formula is C28H41FN2O5. The molecular weight excluding hydrogens is 463 g/mol. The highest BCUT2D eigenvalue weighted by Gasteiger charge is 2.31. The molecule has 8 heteroatoms. The number of allylic oxidation sites excluding steroid dienone is 2. The van der Waals surface area contributed by atoms with Crippen molar-refractivity contribution in [2.75, 3.05) is 19.8 Å². The van der Waals surface area contributed by atoms with Crippen molar-refractivity contribution in [3.05, 3.63) is 61.0 Å². The Morgan fingerprint density at radius 1 is 1.11 bits per heavy atom. The summed E-state index contributed by atoms with van der Waals surface area (Å²) in [5.41, 5.74) is 0.399. The van der Waals surface area contributed by atoms with Gasteiger partial charge in [-0.1, -0.05) is 45.1 Å². The summed E-state index contributed by atoms with van der Waals surface area (Å²) in [6.07, 6.45) is 5.14. The maximum atomic E-state index is 13.3. The lowest BCUT2D eigenvalue weighted by atomic mass is 9.86. The second-order valence-corrected chi connectivity index (χ2v) is 9.95. The molecule has 7 nitrogen and oxygen atoms in total. The number of aliphatic hydroxyl groups excluding tert-OH is 1. The number of hydrogen-bond acceptors (Lipinski definition) is 5. The number of carbonyl (C=O) groups excluding carboxylic acids is 3. The van der Waals surface area contributed by atoms with Crippen molar-refractivity contribution in [1.82, 2.24) is 10.6 Å². The summed E-state index contributed by atoms with van der Waals surface area (Å²) < 4.78 is 18.9. The van der Waals surface area contributed by atoms with Crippen molar-refractivity contribution in [3.8, 4) is 0 Å². The molecule has 0 spiro atoms. The Labute approximate surface area is 214 Å². The highest BCUT2D eigenvalue weighted by Crippen LogP contribution is 2.23. The highest BCUT2D eigenvalue weighted by atomic mass is 19.1. The summed E-state index contributed by atoms with van der Waals surface area (Å²) >= 11 is 0. The fourth-order valence-electron chi connectivity index (χ4n) is 3.58. The lowest BCUT2D eigenvalue weighted by Gasteiger charge is -2.32. The number of esters is 1. The second kappa shape index (κ2) is 15.9. The van der Waals surface area contributed by atoms with Crippen molar-refractivity contribution < 1.29 is 28.6 Å². The Kier molecular flexibility index (Phi) is 13.7. The van der Waals surface area contributed by atoms with E-state index in [0.29, 0.717) is 25.7 Å². The monoisotopic (exact) mass is 504 g/mol. The first-order valence-corrected chi connectivity index (χ1v) is 12.3. The van der Waals surface area contributed by atoms with Crippen LogP contribution in [-0.2, 0) is 25.5 Å². The third-order valence-electron chi connectivity index (χ3n) is 5.89. The average molecular weight is 505 g/mol. The first kappa shape index (κ1) is 31.0. The van der Waals surface area contributed by atoms with Crippen LogP contribution in [0, 0.1) is 23.1 Å². The summed E-state index contributed by atoms with van der Waals surface area (Å²) in [7, 11) is 0. The quantitative estimate of drug-likeness (QED) is 0.235. The zero-order chi connectivity index (χ0) is 27.1. The molecule has 3 atom stereocenters. The summed E-state index contributed by atoms with van der Waals surface area (Å²) in [5.74, 6) is -2.48. The fraction of sp³-hybridized carbons (Fsp3) is 0.536. The van der Waals surface area contributed by atoms with Crippen LogP contribution in [0.3, 0.4) is 0 Å². The van der Waals surface area contributed by atoms with Gasteiger partial charge in [0, 0.05) is 13.0 Å². The molecule has 1 aromatic rings. The van der Waals surface area contributed by atoms with Crippen LogP contribution in [0.1, 0.15) is 52.0 Å². The van der Waals surface area contributed by atoms with Gasteiger partial charge in [0.2, 0.25) is 11.8 Å². The first-order valence-electron chi connectivity index (χ1n) is 12.3. The zero-order valence-electron chi connectivity index (χ0n) is 21.7. The van der Waals surface area contributed by atoms with E-state index in [9.17, 15) is 18.8 Å². The molecule has 2 amide bonds. The number of hydrogen-bond donors (Lipinski definition) is 3. The van der Waals surface area contributed by atoms with E-state index in [-0.39, 0.29) is 43.8 Å². The van der Waals surface area contributed by atoms with E-state index in [4.69, 9.17) is 9.84 Å². The summed E-state index contributed by atoms with van der Waals surface area (Å²) in [6, 6.07) is 5.53. The number of rotatable bonds is 16. The predicted octanol–water partition coefficient (Wildman–Crippen LogP) is 3.72. The highest BCUT2D eigenvalue weighted by molar-refractivity contribution is 5.86. The summed E-state index contributed by atoms with van der Waals surface area (Å²) in [4.78, 5) is 38.1. The van der Waals surface area contributed by atoms with Gasteiger partial charge in [-0.05, 0) is 48.8 Å². The molecule has 0 saturated heterocycles. The molecule has 0 aliphatic heterocycles. The maximum absolute atomic E-state index is 13.3. The van der Waals surface area contributed by atoms with Crippen LogP contribution in [0.2, 0.25) is 0 Å². The lowest BCUT2D eigenvalue weighted by Crippen LogP contribution is -2.49. The van der Waals surface area contributed by atoms with Crippen molar-refractivity contribution in [1.29, 1.82) is 0 Å². The molecule has 1 rings (SSSR count). The molecule has 0 unspecified atom stereocenters. The molecule has 0 bridgehead atoms. The van der Waals surface area contributed by atoms with Gasteiger partial charge in [-0.25, -0.2) is 4.39 Å². The van der Waals surface area contributed by atoms with Crippen LogP contribution in [0.4, 0.5) is 4.39 Å².